The normalized spacial score (nSPS) is 10.7. The average molecular weight is 300 g/mol. The van der Waals surface area contributed by atoms with E-state index in [4.69, 9.17) is 33.7 Å². The number of hydrogen-bond donors (Lipinski definition) is 1. The van der Waals surface area contributed by atoms with Gasteiger partial charge in [-0.05, 0) is 26.0 Å². The Bertz CT molecular complexity index is 596. The van der Waals surface area contributed by atoms with Gasteiger partial charge in [0.05, 0.1) is 21.4 Å². The van der Waals surface area contributed by atoms with E-state index in [1.807, 2.05) is 18.5 Å². The van der Waals surface area contributed by atoms with Gasteiger partial charge in [0, 0.05) is 18.3 Å². The summed E-state index contributed by atoms with van der Waals surface area (Å²) in [6.45, 7) is 4.90. The number of rotatable bonds is 4. The Morgan fingerprint density at radius 3 is 2.79 bits per heavy atom. The van der Waals surface area contributed by atoms with Gasteiger partial charge in [0.2, 0.25) is 0 Å². The Labute approximate surface area is 122 Å². The van der Waals surface area contributed by atoms with E-state index in [1.165, 1.54) is 0 Å². The molecule has 102 valence electrons. The van der Waals surface area contributed by atoms with Crippen molar-refractivity contribution in [3.05, 3.63) is 39.6 Å². The van der Waals surface area contributed by atoms with Crippen LogP contribution >= 0.6 is 23.2 Å². The molecule has 1 aromatic carbocycles. The van der Waals surface area contributed by atoms with Crippen molar-refractivity contribution in [3.8, 4) is 5.75 Å². The van der Waals surface area contributed by atoms with Gasteiger partial charge in [0.15, 0.2) is 0 Å². The molecule has 0 radical (unpaired) electrons. The summed E-state index contributed by atoms with van der Waals surface area (Å²) < 4.78 is 7.50. The molecular formula is C13H15Cl2N3O. The zero-order valence-electron chi connectivity index (χ0n) is 10.8. The fraction of sp³-hybridized carbons (Fsp3) is 0.308. The van der Waals surface area contributed by atoms with Crippen molar-refractivity contribution in [1.29, 1.82) is 0 Å². The summed E-state index contributed by atoms with van der Waals surface area (Å²) in [5.41, 5.74) is 7.93. The summed E-state index contributed by atoms with van der Waals surface area (Å²) in [4.78, 5) is 0. The van der Waals surface area contributed by atoms with Crippen LogP contribution in [0.25, 0.3) is 0 Å². The molecule has 1 aromatic heterocycles. The number of nitrogen functional groups attached to an aromatic ring is 1. The molecule has 0 spiro atoms. The van der Waals surface area contributed by atoms with E-state index in [-0.39, 0.29) is 0 Å². The molecular weight excluding hydrogens is 285 g/mol. The van der Waals surface area contributed by atoms with Crippen molar-refractivity contribution >= 4 is 28.9 Å². The molecule has 2 rings (SSSR count). The van der Waals surface area contributed by atoms with Gasteiger partial charge in [-0.3, -0.25) is 4.68 Å². The van der Waals surface area contributed by atoms with Crippen LogP contribution in [0.1, 0.15) is 18.3 Å². The van der Waals surface area contributed by atoms with E-state index in [0.29, 0.717) is 28.1 Å². The first-order chi connectivity index (χ1) is 9.02. The standard InChI is InChI=1S/C13H15Cl2N3O/c1-3-18-11(13(15)8(2)17-18)7-19-12-6-9(16)4-5-10(12)14/h4-6H,3,7,16H2,1-2H3. The Morgan fingerprint density at radius 1 is 1.37 bits per heavy atom. The number of hydrogen-bond acceptors (Lipinski definition) is 3. The van der Waals surface area contributed by atoms with E-state index in [2.05, 4.69) is 5.10 Å². The van der Waals surface area contributed by atoms with Crippen LogP contribution in [0.4, 0.5) is 5.69 Å². The van der Waals surface area contributed by atoms with Crippen LogP contribution in [-0.2, 0) is 13.2 Å². The molecule has 2 aromatic rings. The third-order valence-electron chi connectivity index (χ3n) is 2.77. The molecule has 0 amide bonds. The highest BCUT2D eigenvalue weighted by Crippen LogP contribution is 2.28. The predicted molar refractivity (Wildman–Crippen MR) is 77.8 cm³/mol. The quantitative estimate of drug-likeness (QED) is 0.876. The molecule has 0 saturated carbocycles. The van der Waals surface area contributed by atoms with Gasteiger partial charge in [-0.25, -0.2) is 0 Å². The first kappa shape index (κ1) is 14.0. The minimum atomic E-state index is 0.302. The molecule has 6 heteroatoms. The SMILES string of the molecule is CCn1nc(C)c(Cl)c1COc1cc(N)ccc1Cl. The van der Waals surface area contributed by atoms with E-state index < -0.39 is 0 Å². The van der Waals surface area contributed by atoms with Gasteiger partial charge >= 0.3 is 0 Å². The molecule has 0 aliphatic rings. The highest BCUT2D eigenvalue weighted by Gasteiger charge is 2.13. The summed E-state index contributed by atoms with van der Waals surface area (Å²) in [5.74, 6) is 0.541. The summed E-state index contributed by atoms with van der Waals surface area (Å²) in [5, 5.41) is 5.47. The molecule has 0 saturated heterocycles. The Hall–Kier alpha value is -1.39. The van der Waals surface area contributed by atoms with E-state index in [1.54, 1.807) is 18.2 Å². The van der Waals surface area contributed by atoms with Gasteiger partial charge in [0.1, 0.15) is 12.4 Å². The molecule has 0 bridgehead atoms. The van der Waals surface area contributed by atoms with Crippen LogP contribution in [0.2, 0.25) is 10.0 Å². The first-order valence-corrected chi connectivity index (χ1v) is 6.68. The van der Waals surface area contributed by atoms with Crippen molar-refractivity contribution in [2.45, 2.75) is 27.0 Å². The highest BCUT2D eigenvalue weighted by atomic mass is 35.5. The number of nitrogens with two attached hydrogens (primary N) is 1. The second kappa shape index (κ2) is 5.72. The monoisotopic (exact) mass is 299 g/mol. The van der Waals surface area contributed by atoms with Gasteiger partial charge < -0.3 is 10.5 Å². The van der Waals surface area contributed by atoms with Crippen LogP contribution < -0.4 is 10.5 Å². The smallest absolute Gasteiger partial charge is 0.140 e. The van der Waals surface area contributed by atoms with Crippen LogP contribution in [0.3, 0.4) is 0 Å². The minimum Gasteiger partial charge on any atom is -0.486 e. The fourth-order valence-electron chi connectivity index (χ4n) is 1.78. The fourth-order valence-corrected chi connectivity index (χ4v) is 2.15. The second-order valence-corrected chi connectivity index (χ2v) is 4.93. The van der Waals surface area contributed by atoms with Crippen LogP contribution in [-0.4, -0.2) is 9.78 Å². The molecule has 0 aliphatic heterocycles. The number of anilines is 1. The zero-order chi connectivity index (χ0) is 14.0. The highest BCUT2D eigenvalue weighted by molar-refractivity contribution is 6.32. The van der Waals surface area contributed by atoms with Crippen LogP contribution in [0.15, 0.2) is 18.2 Å². The molecule has 1 heterocycles. The molecule has 0 unspecified atom stereocenters. The second-order valence-electron chi connectivity index (χ2n) is 4.14. The molecule has 4 nitrogen and oxygen atoms in total. The van der Waals surface area contributed by atoms with E-state index >= 15 is 0 Å². The maximum Gasteiger partial charge on any atom is 0.140 e. The number of aryl methyl sites for hydroxylation is 2. The maximum atomic E-state index is 6.21. The third kappa shape index (κ3) is 2.96. The van der Waals surface area contributed by atoms with Gasteiger partial charge in [-0.15, -0.1) is 0 Å². The molecule has 0 atom stereocenters. The zero-order valence-corrected chi connectivity index (χ0v) is 12.3. The molecule has 2 N–H and O–H groups in total. The summed E-state index contributed by atoms with van der Waals surface area (Å²) >= 11 is 12.3. The molecule has 0 fully saturated rings. The van der Waals surface area contributed by atoms with E-state index in [9.17, 15) is 0 Å². The molecule has 19 heavy (non-hydrogen) atoms. The number of aromatic nitrogens is 2. The minimum absolute atomic E-state index is 0.302. The summed E-state index contributed by atoms with van der Waals surface area (Å²) in [6, 6.07) is 5.12. The topological polar surface area (TPSA) is 53.1 Å². The van der Waals surface area contributed by atoms with Gasteiger partial charge in [-0.2, -0.15) is 5.10 Å². The molecule has 0 aliphatic carbocycles. The van der Waals surface area contributed by atoms with Gasteiger partial charge in [-0.1, -0.05) is 23.2 Å². The van der Waals surface area contributed by atoms with E-state index in [0.717, 1.165) is 17.9 Å². The van der Waals surface area contributed by atoms with Crippen LogP contribution in [0.5, 0.6) is 5.75 Å². The number of nitrogens with zero attached hydrogens (tertiary/aromatic N) is 2. The average Bonchev–Trinajstić information content (AvgIpc) is 2.66. The lowest BCUT2D eigenvalue weighted by atomic mass is 10.3. The number of halogens is 2. The van der Waals surface area contributed by atoms with Crippen molar-refractivity contribution < 1.29 is 4.74 Å². The third-order valence-corrected chi connectivity index (χ3v) is 3.58. The number of benzene rings is 1. The first-order valence-electron chi connectivity index (χ1n) is 5.92. The van der Waals surface area contributed by atoms with Gasteiger partial charge in [0.25, 0.3) is 0 Å². The summed E-state index contributed by atoms with van der Waals surface area (Å²) in [6.07, 6.45) is 0. The van der Waals surface area contributed by atoms with Crippen molar-refractivity contribution in [2.75, 3.05) is 5.73 Å². The Kier molecular flexibility index (Phi) is 4.22. The Balaban J connectivity index is 2.21. The lowest BCUT2D eigenvalue weighted by Crippen LogP contribution is -2.06. The largest absolute Gasteiger partial charge is 0.486 e. The van der Waals surface area contributed by atoms with Crippen molar-refractivity contribution in [2.24, 2.45) is 0 Å². The van der Waals surface area contributed by atoms with Crippen molar-refractivity contribution in [1.82, 2.24) is 9.78 Å². The maximum absolute atomic E-state index is 6.21. The number of ether oxygens (including phenoxy) is 1. The predicted octanol–water partition coefficient (Wildman–Crippen LogP) is 3.68. The lowest BCUT2D eigenvalue weighted by Gasteiger charge is -2.10. The van der Waals surface area contributed by atoms with Crippen molar-refractivity contribution in [3.63, 3.8) is 0 Å². The summed E-state index contributed by atoms with van der Waals surface area (Å²) in [7, 11) is 0. The van der Waals surface area contributed by atoms with Crippen LogP contribution in [0, 0.1) is 6.92 Å². The lowest BCUT2D eigenvalue weighted by molar-refractivity contribution is 0.293. The Morgan fingerprint density at radius 2 is 2.11 bits per heavy atom.